The summed E-state index contributed by atoms with van der Waals surface area (Å²) in [4.78, 5) is 13.0. The van der Waals surface area contributed by atoms with Gasteiger partial charge in [0.2, 0.25) is 10.0 Å². The maximum absolute atomic E-state index is 13.6. The number of carbonyl (C=O) groups is 1. The van der Waals surface area contributed by atoms with Crippen molar-refractivity contribution in [2.75, 3.05) is 24.2 Å². The summed E-state index contributed by atoms with van der Waals surface area (Å²) in [5, 5.41) is 3.19. The van der Waals surface area contributed by atoms with Gasteiger partial charge in [-0.15, -0.1) is 0 Å². The van der Waals surface area contributed by atoms with Crippen LogP contribution in [0.3, 0.4) is 0 Å². The Labute approximate surface area is 204 Å². The largest absolute Gasteiger partial charge is 0.455 e. The summed E-state index contributed by atoms with van der Waals surface area (Å²) in [7, 11) is -2.07. The minimum atomic E-state index is -3.60. The van der Waals surface area contributed by atoms with Crippen molar-refractivity contribution in [1.29, 1.82) is 0 Å². The zero-order valence-corrected chi connectivity index (χ0v) is 20.7. The predicted molar refractivity (Wildman–Crippen MR) is 138 cm³/mol. The molecule has 0 fully saturated rings. The van der Waals surface area contributed by atoms with E-state index in [-0.39, 0.29) is 11.7 Å². The molecular weight excluding hydrogens is 467 g/mol. The zero-order chi connectivity index (χ0) is 25.2. The standard InChI is InChI=1S/C27H27FN2O4S/c1-4-5-15-30(35(3,32)33)23-17-24-22(16-21(23)18-9-7-6-8-10-18)25(27(31)29-2)26(34-24)19-11-13-20(28)14-12-19/h6-14,16-17H,4-5,15H2,1-3H3,(H,29,31). The lowest BCUT2D eigenvalue weighted by Crippen LogP contribution is -2.31. The smallest absolute Gasteiger partial charge is 0.255 e. The first-order chi connectivity index (χ1) is 16.7. The van der Waals surface area contributed by atoms with Crippen LogP contribution in [0.4, 0.5) is 10.1 Å². The average Bonchev–Trinajstić information content (AvgIpc) is 3.22. The predicted octanol–water partition coefficient (Wildman–Crippen LogP) is 5.83. The van der Waals surface area contributed by atoms with E-state index in [0.29, 0.717) is 46.3 Å². The topological polar surface area (TPSA) is 79.6 Å². The number of unbranched alkanes of at least 4 members (excludes halogenated alkanes) is 1. The van der Waals surface area contributed by atoms with E-state index in [4.69, 9.17) is 4.42 Å². The second-order valence-corrected chi connectivity index (χ2v) is 10.2. The molecule has 1 heterocycles. The van der Waals surface area contributed by atoms with Gasteiger partial charge in [-0.05, 0) is 42.3 Å². The number of nitrogens with zero attached hydrogens (tertiary/aromatic N) is 1. The van der Waals surface area contributed by atoms with E-state index >= 15 is 0 Å². The molecule has 0 radical (unpaired) electrons. The lowest BCUT2D eigenvalue weighted by Gasteiger charge is -2.25. The van der Waals surface area contributed by atoms with Crippen molar-refractivity contribution >= 4 is 32.6 Å². The summed E-state index contributed by atoms with van der Waals surface area (Å²) in [5.74, 6) is -0.476. The molecule has 1 aromatic heterocycles. The molecule has 0 spiro atoms. The van der Waals surface area contributed by atoms with Gasteiger partial charge in [0, 0.05) is 36.2 Å². The van der Waals surface area contributed by atoms with Crippen LogP contribution in [-0.4, -0.2) is 34.2 Å². The third kappa shape index (κ3) is 4.93. The number of anilines is 1. The molecule has 0 aliphatic carbocycles. The highest BCUT2D eigenvalue weighted by molar-refractivity contribution is 7.92. The second kappa shape index (κ2) is 9.92. The molecule has 4 rings (SSSR count). The molecule has 6 nitrogen and oxygen atoms in total. The van der Waals surface area contributed by atoms with Gasteiger partial charge in [-0.1, -0.05) is 43.7 Å². The number of amides is 1. The Balaban J connectivity index is 2.06. The van der Waals surface area contributed by atoms with Crippen LogP contribution in [0.1, 0.15) is 30.1 Å². The molecule has 1 amide bonds. The molecule has 0 aliphatic rings. The Bertz CT molecular complexity index is 1460. The molecule has 0 unspecified atom stereocenters. The van der Waals surface area contributed by atoms with Gasteiger partial charge < -0.3 is 9.73 Å². The third-order valence-corrected chi connectivity index (χ3v) is 7.02. The fourth-order valence-electron chi connectivity index (χ4n) is 4.11. The number of benzene rings is 3. The molecule has 0 atom stereocenters. The SMILES string of the molecule is CCCCN(c1cc2oc(-c3ccc(F)cc3)c(C(=O)NC)c2cc1-c1ccccc1)S(C)(=O)=O. The van der Waals surface area contributed by atoms with Crippen LogP contribution in [0, 0.1) is 5.82 Å². The maximum atomic E-state index is 13.6. The van der Waals surface area contributed by atoms with Crippen molar-refractivity contribution in [2.45, 2.75) is 19.8 Å². The van der Waals surface area contributed by atoms with Crippen LogP contribution >= 0.6 is 0 Å². The number of hydrogen-bond acceptors (Lipinski definition) is 4. The molecule has 0 aliphatic heterocycles. The average molecular weight is 495 g/mol. The number of fused-ring (bicyclic) bond motifs is 1. The molecule has 0 saturated carbocycles. The van der Waals surface area contributed by atoms with Gasteiger partial charge >= 0.3 is 0 Å². The number of hydrogen-bond donors (Lipinski definition) is 1. The van der Waals surface area contributed by atoms with Gasteiger partial charge in [0.1, 0.15) is 17.2 Å². The van der Waals surface area contributed by atoms with E-state index in [1.807, 2.05) is 37.3 Å². The Hall–Kier alpha value is -3.65. The summed E-state index contributed by atoms with van der Waals surface area (Å²) in [6.07, 6.45) is 2.69. The zero-order valence-electron chi connectivity index (χ0n) is 19.8. The molecular formula is C27H27FN2O4S. The molecule has 1 N–H and O–H groups in total. The number of nitrogens with one attached hydrogen (secondary N) is 1. The van der Waals surface area contributed by atoms with Crippen molar-refractivity contribution in [1.82, 2.24) is 5.32 Å². The number of halogens is 1. The fourth-order valence-corrected chi connectivity index (χ4v) is 5.08. The first-order valence-electron chi connectivity index (χ1n) is 11.4. The molecule has 0 bridgehead atoms. The van der Waals surface area contributed by atoms with Crippen molar-refractivity contribution in [3.05, 3.63) is 78.1 Å². The molecule has 0 saturated heterocycles. The number of carbonyl (C=O) groups excluding carboxylic acids is 1. The lowest BCUT2D eigenvalue weighted by molar-refractivity contribution is 0.0964. The maximum Gasteiger partial charge on any atom is 0.255 e. The summed E-state index contributed by atoms with van der Waals surface area (Å²) >= 11 is 0. The minimum Gasteiger partial charge on any atom is -0.455 e. The monoisotopic (exact) mass is 494 g/mol. The van der Waals surface area contributed by atoms with E-state index < -0.39 is 15.8 Å². The molecule has 3 aromatic carbocycles. The van der Waals surface area contributed by atoms with E-state index in [2.05, 4.69) is 5.32 Å². The number of furan rings is 1. The molecule has 4 aromatic rings. The van der Waals surface area contributed by atoms with Gasteiger partial charge in [-0.25, -0.2) is 12.8 Å². The van der Waals surface area contributed by atoms with Crippen LogP contribution in [0.5, 0.6) is 0 Å². The highest BCUT2D eigenvalue weighted by Crippen LogP contribution is 2.41. The first-order valence-corrected chi connectivity index (χ1v) is 13.2. The first kappa shape index (κ1) is 24.5. The summed E-state index contributed by atoms with van der Waals surface area (Å²) < 4.78 is 46.8. The van der Waals surface area contributed by atoms with Crippen LogP contribution in [0.15, 0.2) is 71.1 Å². The lowest BCUT2D eigenvalue weighted by atomic mass is 9.98. The summed E-state index contributed by atoms with van der Waals surface area (Å²) in [6.45, 7) is 2.31. The van der Waals surface area contributed by atoms with Crippen molar-refractivity contribution in [3.8, 4) is 22.5 Å². The third-order valence-electron chi connectivity index (χ3n) is 5.84. The van der Waals surface area contributed by atoms with Crippen LogP contribution < -0.4 is 9.62 Å². The fraction of sp³-hybridized carbons (Fsp3) is 0.222. The molecule has 182 valence electrons. The Morgan fingerprint density at radius 1 is 1.03 bits per heavy atom. The molecule has 35 heavy (non-hydrogen) atoms. The Morgan fingerprint density at radius 2 is 1.71 bits per heavy atom. The van der Waals surface area contributed by atoms with Gasteiger partial charge in [0.15, 0.2) is 0 Å². The number of rotatable bonds is 8. The van der Waals surface area contributed by atoms with Crippen LogP contribution in [0.2, 0.25) is 0 Å². The van der Waals surface area contributed by atoms with E-state index in [9.17, 15) is 17.6 Å². The van der Waals surface area contributed by atoms with E-state index in [0.717, 1.165) is 12.0 Å². The Kier molecular flexibility index (Phi) is 6.93. The van der Waals surface area contributed by atoms with Crippen LogP contribution in [0.25, 0.3) is 33.4 Å². The van der Waals surface area contributed by atoms with E-state index in [1.54, 1.807) is 24.3 Å². The van der Waals surface area contributed by atoms with Crippen molar-refractivity contribution in [3.63, 3.8) is 0 Å². The summed E-state index contributed by atoms with van der Waals surface area (Å²) in [6, 6.07) is 18.6. The van der Waals surface area contributed by atoms with Crippen molar-refractivity contribution < 1.29 is 22.0 Å². The highest BCUT2D eigenvalue weighted by atomic mass is 32.2. The van der Waals surface area contributed by atoms with Gasteiger partial charge in [0.05, 0.1) is 17.5 Å². The van der Waals surface area contributed by atoms with Crippen molar-refractivity contribution in [2.24, 2.45) is 0 Å². The number of sulfonamides is 1. The normalized spacial score (nSPS) is 11.5. The summed E-state index contributed by atoms with van der Waals surface area (Å²) in [5.41, 5.74) is 3.15. The van der Waals surface area contributed by atoms with E-state index in [1.165, 1.54) is 29.7 Å². The molecule has 8 heteroatoms. The second-order valence-electron chi connectivity index (χ2n) is 8.31. The van der Waals surface area contributed by atoms with Gasteiger partial charge in [-0.3, -0.25) is 9.10 Å². The van der Waals surface area contributed by atoms with Gasteiger partial charge in [0.25, 0.3) is 5.91 Å². The van der Waals surface area contributed by atoms with Crippen LogP contribution in [-0.2, 0) is 10.0 Å². The minimum absolute atomic E-state index is 0.287. The Morgan fingerprint density at radius 3 is 2.31 bits per heavy atom. The quantitative estimate of drug-likeness (QED) is 0.334. The van der Waals surface area contributed by atoms with Gasteiger partial charge in [-0.2, -0.15) is 0 Å². The highest BCUT2D eigenvalue weighted by Gasteiger charge is 2.27.